The zero-order valence-corrected chi connectivity index (χ0v) is 18.2. The Labute approximate surface area is 188 Å². The van der Waals surface area contributed by atoms with Crippen molar-refractivity contribution in [2.75, 3.05) is 6.61 Å². The number of aromatic nitrogens is 1. The fourth-order valence-electron chi connectivity index (χ4n) is 3.11. The number of ether oxygens (including phenoxy) is 1. The molecule has 1 amide bonds. The van der Waals surface area contributed by atoms with E-state index in [4.69, 9.17) is 4.74 Å². The molecular formula is C24H20N2O3S2. The van der Waals surface area contributed by atoms with Crippen molar-refractivity contribution in [2.24, 2.45) is 0 Å². The summed E-state index contributed by atoms with van der Waals surface area (Å²) in [7, 11) is 0. The first-order valence-electron chi connectivity index (χ1n) is 9.74. The van der Waals surface area contributed by atoms with Gasteiger partial charge < -0.3 is 10.1 Å². The van der Waals surface area contributed by atoms with E-state index in [0.717, 1.165) is 21.0 Å². The molecule has 4 rings (SSSR count). The predicted molar refractivity (Wildman–Crippen MR) is 123 cm³/mol. The quantitative estimate of drug-likeness (QED) is 0.380. The minimum Gasteiger partial charge on any atom is -0.451 e. The van der Waals surface area contributed by atoms with Crippen LogP contribution in [0.15, 0.2) is 83.6 Å². The largest absolute Gasteiger partial charge is 0.451 e. The van der Waals surface area contributed by atoms with Gasteiger partial charge in [-0.3, -0.25) is 4.79 Å². The van der Waals surface area contributed by atoms with Crippen molar-refractivity contribution >= 4 is 34.6 Å². The third kappa shape index (κ3) is 5.65. The first-order valence-corrected chi connectivity index (χ1v) is 11.5. The zero-order chi connectivity index (χ0) is 21.5. The number of hydrogen-bond donors (Lipinski definition) is 1. The Bertz CT molecular complexity index is 1130. The van der Waals surface area contributed by atoms with Crippen molar-refractivity contribution in [1.82, 2.24) is 10.3 Å². The lowest BCUT2D eigenvalue weighted by molar-refractivity contribution is -0.125. The van der Waals surface area contributed by atoms with Crippen LogP contribution in [0.1, 0.15) is 27.7 Å². The highest BCUT2D eigenvalue weighted by Gasteiger charge is 2.18. The summed E-state index contributed by atoms with van der Waals surface area (Å²) in [6.07, 6.45) is 0.640. The van der Waals surface area contributed by atoms with Crippen molar-refractivity contribution < 1.29 is 14.3 Å². The van der Waals surface area contributed by atoms with Crippen LogP contribution in [0, 0.1) is 0 Å². The number of amides is 1. The Morgan fingerprint density at radius 2 is 1.68 bits per heavy atom. The third-order valence-electron chi connectivity index (χ3n) is 4.60. The molecule has 1 N–H and O–H groups in total. The van der Waals surface area contributed by atoms with E-state index in [0.29, 0.717) is 6.42 Å². The molecule has 31 heavy (non-hydrogen) atoms. The fraction of sp³-hybridized carbons (Fsp3) is 0.125. The van der Waals surface area contributed by atoms with Gasteiger partial charge in [0.05, 0.1) is 10.9 Å². The Balaban J connectivity index is 1.37. The van der Waals surface area contributed by atoms with Gasteiger partial charge in [-0.25, -0.2) is 9.78 Å². The molecule has 0 radical (unpaired) electrons. The number of benzene rings is 2. The second-order valence-electron chi connectivity index (χ2n) is 6.81. The minimum absolute atomic E-state index is 0.213. The van der Waals surface area contributed by atoms with Crippen molar-refractivity contribution in [3.8, 4) is 9.88 Å². The molecule has 7 heteroatoms. The maximum atomic E-state index is 12.5. The van der Waals surface area contributed by atoms with Crippen molar-refractivity contribution in [1.29, 1.82) is 0 Å². The van der Waals surface area contributed by atoms with Crippen LogP contribution in [-0.2, 0) is 16.0 Å². The van der Waals surface area contributed by atoms with Crippen LogP contribution in [0.3, 0.4) is 0 Å². The molecule has 4 aromatic rings. The van der Waals surface area contributed by atoms with E-state index in [1.807, 2.05) is 78.2 Å². The second kappa shape index (κ2) is 10.1. The van der Waals surface area contributed by atoms with Crippen LogP contribution >= 0.6 is 22.7 Å². The number of thiazole rings is 1. The highest BCUT2D eigenvalue weighted by molar-refractivity contribution is 7.20. The van der Waals surface area contributed by atoms with Crippen LogP contribution in [0.5, 0.6) is 0 Å². The summed E-state index contributed by atoms with van der Waals surface area (Å²) in [5.41, 5.74) is 2.31. The Morgan fingerprint density at radius 1 is 0.935 bits per heavy atom. The van der Waals surface area contributed by atoms with E-state index in [9.17, 15) is 9.59 Å². The first kappa shape index (κ1) is 21.0. The number of carbonyl (C=O) groups excluding carboxylic acids is 2. The van der Waals surface area contributed by atoms with Crippen molar-refractivity contribution in [3.05, 3.63) is 100 Å². The van der Waals surface area contributed by atoms with Crippen LogP contribution < -0.4 is 5.32 Å². The minimum atomic E-state index is -0.603. The summed E-state index contributed by atoms with van der Waals surface area (Å²) in [4.78, 5) is 30.2. The smallest absolute Gasteiger partial charge is 0.358 e. The summed E-state index contributed by atoms with van der Waals surface area (Å²) < 4.78 is 5.20. The van der Waals surface area contributed by atoms with E-state index >= 15 is 0 Å². The van der Waals surface area contributed by atoms with Gasteiger partial charge >= 0.3 is 5.97 Å². The van der Waals surface area contributed by atoms with Gasteiger partial charge in [-0.1, -0.05) is 66.7 Å². The highest BCUT2D eigenvalue weighted by atomic mass is 32.1. The van der Waals surface area contributed by atoms with E-state index in [2.05, 4.69) is 10.3 Å². The molecule has 0 spiro atoms. The van der Waals surface area contributed by atoms with Gasteiger partial charge in [-0.15, -0.1) is 22.7 Å². The van der Waals surface area contributed by atoms with Crippen LogP contribution in [-0.4, -0.2) is 23.5 Å². The van der Waals surface area contributed by atoms with Crippen LogP contribution in [0.25, 0.3) is 9.88 Å². The van der Waals surface area contributed by atoms with E-state index in [1.165, 1.54) is 11.3 Å². The first-order chi connectivity index (χ1) is 15.2. The van der Waals surface area contributed by atoms with Crippen LogP contribution in [0.4, 0.5) is 0 Å². The molecule has 2 aromatic carbocycles. The number of esters is 1. The van der Waals surface area contributed by atoms with Gasteiger partial charge in [0.15, 0.2) is 12.3 Å². The van der Waals surface area contributed by atoms with Gasteiger partial charge in [0.1, 0.15) is 5.01 Å². The van der Waals surface area contributed by atoms with Gasteiger partial charge in [-0.2, -0.15) is 0 Å². The number of carbonyl (C=O) groups is 2. The monoisotopic (exact) mass is 448 g/mol. The molecule has 0 saturated carbocycles. The number of thiophene rings is 1. The van der Waals surface area contributed by atoms with Crippen molar-refractivity contribution in [2.45, 2.75) is 12.5 Å². The molecule has 0 fully saturated rings. The zero-order valence-electron chi connectivity index (χ0n) is 16.6. The summed E-state index contributed by atoms with van der Waals surface area (Å²) in [5, 5.41) is 7.35. The lowest BCUT2D eigenvalue weighted by Crippen LogP contribution is -2.33. The number of hydrogen-bond acceptors (Lipinski definition) is 6. The third-order valence-corrected chi connectivity index (χ3v) is 6.48. The average Bonchev–Trinajstić information content (AvgIpc) is 3.50. The topological polar surface area (TPSA) is 68.3 Å². The molecule has 0 aliphatic rings. The summed E-state index contributed by atoms with van der Waals surface area (Å²) in [6, 6.07) is 23.4. The van der Waals surface area contributed by atoms with Crippen LogP contribution in [0.2, 0.25) is 0 Å². The Hall–Kier alpha value is -3.29. The molecule has 5 nitrogen and oxygen atoms in total. The second-order valence-corrected chi connectivity index (χ2v) is 8.62. The highest BCUT2D eigenvalue weighted by Crippen LogP contribution is 2.28. The molecule has 0 aliphatic carbocycles. The number of rotatable bonds is 8. The normalized spacial score (nSPS) is 11.6. The van der Waals surface area contributed by atoms with Gasteiger partial charge in [-0.05, 0) is 29.0 Å². The summed E-state index contributed by atoms with van der Waals surface area (Å²) in [5.74, 6) is -0.958. The molecular weight excluding hydrogens is 428 g/mol. The molecule has 1 atom stereocenters. The van der Waals surface area contributed by atoms with Gasteiger partial charge in [0.25, 0.3) is 5.91 Å². The lowest BCUT2D eigenvalue weighted by Gasteiger charge is -2.19. The van der Waals surface area contributed by atoms with E-state index < -0.39 is 5.97 Å². The molecule has 0 aliphatic heterocycles. The standard InChI is InChI=1S/C24H20N2O3S2/c27-22(15-29-24(28)20-16-31-23(26-20)21-12-7-13-30-21)25-19(18-10-5-2-6-11-18)14-17-8-3-1-4-9-17/h1-13,16,19H,14-15H2,(H,25,27). The fourth-order valence-corrected chi connectivity index (χ4v) is 4.71. The predicted octanol–water partition coefficient (Wildman–Crippen LogP) is 5.13. The van der Waals surface area contributed by atoms with E-state index in [-0.39, 0.29) is 24.2 Å². The lowest BCUT2D eigenvalue weighted by atomic mass is 9.99. The average molecular weight is 449 g/mol. The summed E-state index contributed by atoms with van der Waals surface area (Å²) in [6.45, 7) is -0.358. The SMILES string of the molecule is O=C(COC(=O)c1csc(-c2cccs2)n1)NC(Cc1ccccc1)c1ccccc1. The molecule has 2 heterocycles. The van der Waals surface area contributed by atoms with Gasteiger partial charge in [0, 0.05) is 5.38 Å². The Morgan fingerprint density at radius 3 is 2.39 bits per heavy atom. The number of nitrogens with one attached hydrogen (secondary N) is 1. The molecule has 0 saturated heterocycles. The Kier molecular flexibility index (Phi) is 6.86. The van der Waals surface area contributed by atoms with E-state index in [1.54, 1.807) is 16.7 Å². The molecule has 1 unspecified atom stereocenters. The maximum Gasteiger partial charge on any atom is 0.358 e. The van der Waals surface area contributed by atoms with Gasteiger partial charge in [0.2, 0.25) is 0 Å². The molecule has 156 valence electrons. The summed E-state index contributed by atoms with van der Waals surface area (Å²) >= 11 is 2.93. The number of nitrogens with zero attached hydrogens (tertiary/aromatic N) is 1. The molecule has 2 aromatic heterocycles. The molecule has 0 bridgehead atoms. The van der Waals surface area contributed by atoms with Crippen molar-refractivity contribution in [3.63, 3.8) is 0 Å². The maximum absolute atomic E-state index is 12.5.